The number of ether oxygens (including phenoxy) is 4. The minimum Gasteiger partial charge on any atom is -0.462 e. The van der Waals surface area contributed by atoms with Crippen molar-refractivity contribution in [3.05, 3.63) is 85.1 Å². The van der Waals surface area contributed by atoms with Gasteiger partial charge in [-0.1, -0.05) is 318 Å². The van der Waals surface area contributed by atoms with Crippen molar-refractivity contribution in [2.45, 2.75) is 367 Å². The van der Waals surface area contributed by atoms with Gasteiger partial charge in [-0.25, -0.2) is 9.13 Å². The number of hydrogen-bond donors (Lipinski definition) is 3. The number of esters is 4. The molecule has 0 bridgehead atoms. The zero-order valence-electron chi connectivity index (χ0n) is 63.4. The van der Waals surface area contributed by atoms with Gasteiger partial charge in [0.25, 0.3) is 0 Å². The molecule has 0 aromatic rings. The van der Waals surface area contributed by atoms with Crippen molar-refractivity contribution in [2.75, 3.05) is 39.6 Å². The van der Waals surface area contributed by atoms with Gasteiger partial charge in [-0.3, -0.25) is 37.3 Å². The molecule has 17 nitrogen and oxygen atoms in total. The third kappa shape index (κ3) is 72.6. The van der Waals surface area contributed by atoms with Crippen LogP contribution in [0.25, 0.3) is 0 Å². The van der Waals surface area contributed by atoms with Gasteiger partial charge in [-0.15, -0.1) is 0 Å². The molecule has 580 valence electrons. The molecule has 0 aromatic carbocycles. The summed E-state index contributed by atoms with van der Waals surface area (Å²) in [6.07, 6.45) is 75.8. The second-order valence-corrected chi connectivity index (χ2v) is 29.5. The Morgan fingerprint density at radius 1 is 0.290 bits per heavy atom. The number of allylic oxidation sites excluding steroid dienone is 14. The first-order chi connectivity index (χ1) is 48.7. The number of carbonyl (C=O) groups excluding carboxylic acids is 4. The Labute approximate surface area is 608 Å². The molecular formula is C81H144O17P2. The highest BCUT2D eigenvalue weighted by atomic mass is 31.2. The molecule has 0 aliphatic rings. The number of phosphoric ester groups is 2. The second-order valence-electron chi connectivity index (χ2n) is 26.6. The number of hydrogen-bond acceptors (Lipinski definition) is 15. The van der Waals surface area contributed by atoms with Gasteiger partial charge < -0.3 is 33.8 Å². The van der Waals surface area contributed by atoms with Crippen LogP contribution >= 0.6 is 15.6 Å². The summed E-state index contributed by atoms with van der Waals surface area (Å²) >= 11 is 0. The van der Waals surface area contributed by atoms with E-state index in [4.69, 9.17) is 37.0 Å². The molecular weight excluding hydrogens is 1310 g/mol. The minimum absolute atomic E-state index is 0.0363. The monoisotopic (exact) mass is 1450 g/mol. The van der Waals surface area contributed by atoms with Gasteiger partial charge in [0.2, 0.25) is 0 Å². The van der Waals surface area contributed by atoms with E-state index >= 15 is 0 Å². The maximum absolute atomic E-state index is 13.1. The van der Waals surface area contributed by atoms with Crippen LogP contribution in [0.4, 0.5) is 0 Å². The summed E-state index contributed by atoms with van der Waals surface area (Å²) in [6.45, 7) is 4.72. The summed E-state index contributed by atoms with van der Waals surface area (Å²) < 4.78 is 68.5. The quantitative estimate of drug-likeness (QED) is 0.0169. The lowest BCUT2D eigenvalue weighted by atomic mass is 10.0. The van der Waals surface area contributed by atoms with Gasteiger partial charge in [-0.2, -0.15) is 0 Å². The fourth-order valence-electron chi connectivity index (χ4n) is 10.8. The number of unbranched alkanes of at least 4 members (excludes halogenated alkanes) is 35. The maximum Gasteiger partial charge on any atom is 0.472 e. The fraction of sp³-hybridized carbons (Fsp3) is 0.778. The molecule has 5 atom stereocenters. The highest BCUT2D eigenvalue weighted by molar-refractivity contribution is 7.47. The number of phosphoric acid groups is 2. The van der Waals surface area contributed by atoms with Crippen molar-refractivity contribution >= 4 is 39.5 Å². The van der Waals surface area contributed by atoms with Crippen LogP contribution in [0.1, 0.15) is 349 Å². The van der Waals surface area contributed by atoms with E-state index in [0.29, 0.717) is 32.1 Å². The summed E-state index contributed by atoms with van der Waals surface area (Å²) in [6, 6.07) is 0. The third-order valence-electron chi connectivity index (χ3n) is 16.9. The van der Waals surface area contributed by atoms with Crippen molar-refractivity contribution < 1.29 is 80.2 Å². The third-order valence-corrected chi connectivity index (χ3v) is 18.8. The van der Waals surface area contributed by atoms with Crippen LogP contribution in [0, 0.1) is 0 Å². The van der Waals surface area contributed by atoms with Crippen molar-refractivity contribution in [2.24, 2.45) is 0 Å². The maximum atomic E-state index is 13.1. The standard InChI is InChI=1S/C81H144O17P2/c1-5-9-13-17-21-25-29-33-35-36-37-38-40-43-46-50-54-58-62-66-79(84)92-72-77(98-81(86)68-64-60-56-52-48-44-39-34-30-26-22-18-14-10-6-2)74-96-100(89,90)94-70-75(82)69-93-99(87,88)95-73-76(97-80(85)67-63-59-55-51-47-42-32-28-24-20-16-12-8-4)71-91-78(83)65-61-57-53-49-45-41-31-27-23-19-15-11-7-3/h9,13,21,25,33-35,37-39,43,46,54,58,75-77,82H,5-8,10-12,14-20,22-24,26-32,36,40-42,44-45,47-53,55-57,59-74H2,1-4H3,(H,87,88)(H,89,90)/b13-9-,25-21-,35-33-,38-37-,39-34-,46-43-,58-54-/t75-,76+,77+/m0/s1. The van der Waals surface area contributed by atoms with Crippen LogP contribution in [-0.2, 0) is 65.4 Å². The molecule has 0 saturated carbocycles. The summed E-state index contributed by atoms with van der Waals surface area (Å²) in [5.74, 6) is -2.25. The van der Waals surface area contributed by atoms with Crippen LogP contribution < -0.4 is 0 Å². The van der Waals surface area contributed by atoms with Crippen LogP contribution in [-0.4, -0.2) is 96.7 Å². The van der Waals surface area contributed by atoms with Crippen molar-refractivity contribution in [1.29, 1.82) is 0 Å². The van der Waals surface area contributed by atoms with Crippen molar-refractivity contribution in [1.82, 2.24) is 0 Å². The molecule has 0 aliphatic carbocycles. The first-order valence-corrected chi connectivity index (χ1v) is 42.8. The largest absolute Gasteiger partial charge is 0.472 e. The average molecular weight is 1450 g/mol. The van der Waals surface area contributed by atoms with Crippen LogP contribution in [0.2, 0.25) is 0 Å². The molecule has 0 aliphatic heterocycles. The lowest BCUT2D eigenvalue weighted by molar-refractivity contribution is -0.161. The van der Waals surface area contributed by atoms with E-state index in [9.17, 15) is 43.2 Å². The number of rotatable bonds is 75. The summed E-state index contributed by atoms with van der Waals surface area (Å²) in [5.41, 5.74) is 0. The van der Waals surface area contributed by atoms with Crippen LogP contribution in [0.15, 0.2) is 85.1 Å². The molecule has 0 fully saturated rings. The Balaban J connectivity index is 5.39. The minimum atomic E-state index is -4.99. The van der Waals surface area contributed by atoms with Gasteiger partial charge >= 0.3 is 39.5 Å². The number of aliphatic hydroxyl groups excluding tert-OH is 1. The van der Waals surface area contributed by atoms with E-state index in [2.05, 4.69) is 94.5 Å². The van der Waals surface area contributed by atoms with E-state index in [1.54, 1.807) is 0 Å². The Morgan fingerprint density at radius 3 is 0.860 bits per heavy atom. The van der Waals surface area contributed by atoms with Gasteiger partial charge in [-0.05, 0) is 89.9 Å². The van der Waals surface area contributed by atoms with Crippen LogP contribution in [0.3, 0.4) is 0 Å². The van der Waals surface area contributed by atoms with Crippen molar-refractivity contribution in [3.63, 3.8) is 0 Å². The predicted octanol–water partition coefficient (Wildman–Crippen LogP) is 23.0. The molecule has 0 saturated heterocycles. The topological polar surface area (TPSA) is 237 Å². The molecule has 0 heterocycles. The van der Waals surface area contributed by atoms with E-state index in [-0.39, 0.29) is 25.7 Å². The SMILES string of the molecule is CC/C=C\C/C=C\C/C=C\C/C=C\C/C=C\C/C=C\CCC(=O)OC[C@H](COP(=O)(O)OC[C@@H](O)COP(=O)(O)OC[C@@H](COC(=O)CCCCCCCCCCCCCCC)OC(=O)CCCCCCCCCCCCCCC)OC(=O)CCCCCCC/C=C\CCCCCCCC. The molecule has 0 rings (SSSR count). The van der Waals surface area contributed by atoms with Crippen LogP contribution in [0.5, 0.6) is 0 Å². The van der Waals surface area contributed by atoms with Crippen molar-refractivity contribution in [3.8, 4) is 0 Å². The normalized spacial score (nSPS) is 14.3. The summed E-state index contributed by atoms with van der Waals surface area (Å²) in [7, 11) is -9.96. The Hall–Kier alpha value is -3.76. The molecule has 0 aromatic heterocycles. The van der Waals surface area contributed by atoms with Gasteiger partial charge in [0, 0.05) is 25.7 Å². The molecule has 3 N–H and O–H groups in total. The molecule has 19 heteroatoms. The van der Waals surface area contributed by atoms with Gasteiger partial charge in [0.05, 0.1) is 26.4 Å². The molecule has 2 unspecified atom stereocenters. The smallest absolute Gasteiger partial charge is 0.462 e. The van der Waals surface area contributed by atoms with Gasteiger partial charge in [0.15, 0.2) is 12.2 Å². The summed E-state index contributed by atoms with van der Waals surface area (Å²) in [5, 5.41) is 10.6. The van der Waals surface area contributed by atoms with Gasteiger partial charge in [0.1, 0.15) is 19.3 Å². The lowest BCUT2D eigenvalue weighted by Crippen LogP contribution is -2.30. The lowest BCUT2D eigenvalue weighted by Gasteiger charge is -2.21. The van der Waals surface area contributed by atoms with E-state index in [1.165, 1.54) is 148 Å². The molecule has 0 spiro atoms. The Bertz CT molecular complexity index is 2230. The Morgan fingerprint density at radius 2 is 0.540 bits per heavy atom. The molecule has 100 heavy (non-hydrogen) atoms. The first-order valence-electron chi connectivity index (χ1n) is 39.8. The molecule has 0 amide bonds. The first kappa shape index (κ1) is 96.2. The van der Waals surface area contributed by atoms with E-state index in [1.807, 2.05) is 18.2 Å². The molecule has 0 radical (unpaired) electrons. The number of aliphatic hydroxyl groups is 1. The predicted molar refractivity (Wildman–Crippen MR) is 409 cm³/mol. The zero-order valence-corrected chi connectivity index (χ0v) is 65.2. The Kier molecular flexibility index (Phi) is 70.8. The fourth-order valence-corrected chi connectivity index (χ4v) is 12.4. The highest BCUT2D eigenvalue weighted by Crippen LogP contribution is 2.45. The number of carbonyl (C=O) groups is 4. The zero-order chi connectivity index (χ0) is 73.2. The second kappa shape index (κ2) is 73.5. The summed E-state index contributed by atoms with van der Waals surface area (Å²) in [4.78, 5) is 72.9. The highest BCUT2D eigenvalue weighted by Gasteiger charge is 2.30. The average Bonchev–Trinajstić information content (AvgIpc) is 0.946. The van der Waals surface area contributed by atoms with E-state index in [0.717, 1.165) is 116 Å². The van der Waals surface area contributed by atoms with E-state index < -0.39 is 97.5 Å².